The van der Waals surface area contributed by atoms with E-state index in [0.717, 1.165) is 45.3 Å². The Bertz CT molecular complexity index is 938. The van der Waals surface area contributed by atoms with Crippen LogP contribution < -0.4 is 0 Å². The van der Waals surface area contributed by atoms with E-state index in [1.54, 1.807) is 16.7 Å². The van der Waals surface area contributed by atoms with Gasteiger partial charge in [0.25, 0.3) is 0 Å². The summed E-state index contributed by atoms with van der Waals surface area (Å²) in [5.41, 5.74) is 0. The number of aliphatic hydroxyl groups is 1. The summed E-state index contributed by atoms with van der Waals surface area (Å²) in [4.78, 5) is 47.7. The monoisotopic (exact) mass is 547 g/mol. The van der Waals surface area contributed by atoms with E-state index in [2.05, 4.69) is 23.1 Å². The van der Waals surface area contributed by atoms with Crippen LogP contribution in [0.2, 0.25) is 0 Å². The molecule has 1 N–H and O–H groups in total. The second-order valence-corrected chi connectivity index (χ2v) is 12.4. The summed E-state index contributed by atoms with van der Waals surface area (Å²) in [5, 5.41) is 9.03. The van der Waals surface area contributed by atoms with E-state index in [0.29, 0.717) is 52.3 Å². The third kappa shape index (κ3) is 5.42. The van der Waals surface area contributed by atoms with Crippen LogP contribution in [0.15, 0.2) is 24.3 Å². The van der Waals surface area contributed by atoms with Crippen LogP contribution in [-0.4, -0.2) is 119 Å². The predicted octanol–water partition coefficient (Wildman–Crippen LogP) is 1.46. The Balaban J connectivity index is 1.44. The number of allylic oxidation sites excluding steroid dienone is 1. The number of thioether (sulfide) groups is 1. The number of cyclic esters (lactones) is 1. The summed E-state index contributed by atoms with van der Waals surface area (Å²) in [6.07, 6.45) is 13.1. The number of carbonyl (C=O) groups excluding carboxylic acids is 3. The van der Waals surface area contributed by atoms with Crippen molar-refractivity contribution in [2.24, 2.45) is 11.8 Å². The number of hydrogen-bond acceptors (Lipinski definition) is 8. The number of esters is 1. The lowest BCUT2D eigenvalue weighted by molar-refractivity contribution is -0.153. The first-order chi connectivity index (χ1) is 18.6. The van der Waals surface area contributed by atoms with E-state index in [4.69, 9.17) is 9.47 Å². The fourth-order valence-corrected chi connectivity index (χ4v) is 8.56. The van der Waals surface area contributed by atoms with Gasteiger partial charge in [0.15, 0.2) is 0 Å². The van der Waals surface area contributed by atoms with Crippen LogP contribution in [0.1, 0.15) is 38.5 Å². The predicted molar refractivity (Wildman–Crippen MR) is 144 cm³/mol. The van der Waals surface area contributed by atoms with Gasteiger partial charge in [-0.3, -0.25) is 19.3 Å². The van der Waals surface area contributed by atoms with Crippen molar-refractivity contribution in [1.82, 2.24) is 14.7 Å². The van der Waals surface area contributed by atoms with Crippen LogP contribution in [0, 0.1) is 11.8 Å². The molecule has 0 aromatic rings. The maximum atomic E-state index is 14.3. The van der Waals surface area contributed by atoms with Gasteiger partial charge in [0.1, 0.15) is 6.04 Å². The van der Waals surface area contributed by atoms with Gasteiger partial charge in [0.05, 0.1) is 36.4 Å². The average Bonchev–Trinajstić information content (AvgIpc) is 3.31. The van der Waals surface area contributed by atoms with Gasteiger partial charge in [-0.25, -0.2) is 0 Å². The number of ether oxygens (including phenoxy) is 2. The van der Waals surface area contributed by atoms with Gasteiger partial charge in [0.2, 0.25) is 11.8 Å². The first-order valence-corrected chi connectivity index (χ1v) is 15.1. The SMILES string of the molecule is O=C1OCCCC/C=C\[C@@H]2S[C@]34C=CCN(CCN5CCOCC5)C(=O)C3N(CCCCCO)C(=O)[C@@H]4[C@H]12. The molecule has 5 aliphatic heterocycles. The maximum absolute atomic E-state index is 14.3. The largest absolute Gasteiger partial charge is 0.465 e. The van der Waals surface area contributed by atoms with Crippen LogP contribution in [0.4, 0.5) is 0 Å². The van der Waals surface area contributed by atoms with Crippen molar-refractivity contribution in [1.29, 1.82) is 0 Å². The van der Waals surface area contributed by atoms with E-state index < -0.39 is 22.6 Å². The standard InChI is InChI=1S/C28H41N3O6S/c32-17-6-3-5-12-31-24-26(34)30(14-13-29-15-19-36-20-16-29)11-8-10-28(24)23(25(31)33)22-21(38-28)9-4-1-2-7-18-37-27(22)35/h4,8-10,21-24,32H,1-3,5-7,11-20H2/b9-4-/t21-,22+,23-,24?,28-/m0/s1. The van der Waals surface area contributed by atoms with Crippen molar-refractivity contribution in [2.45, 2.75) is 54.6 Å². The smallest absolute Gasteiger partial charge is 0.311 e. The lowest BCUT2D eigenvalue weighted by Gasteiger charge is -2.36. The lowest BCUT2D eigenvalue weighted by atomic mass is 9.78. The van der Waals surface area contributed by atoms with E-state index in [9.17, 15) is 19.5 Å². The minimum absolute atomic E-state index is 0.0326. The minimum Gasteiger partial charge on any atom is -0.465 e. The normalized spacial score (nSPS) is 34.9. The Kier molecular flexibility index (Phi) is 9.13. The first kappa shape index (κ1) is 27.7. The number of carbonyl (C=O) groups is 3. The highest BCUT2D eigenvalue weighted by Crippen LogP contribution is 2.60. The fraction of sp³-hybridized carbons (Fsp3) is 0.750. The van der Waals surface area contributed by atoms with Crippen molar-refractivity contribution in [2.75, 3.05) is 65.7 Å². The Morgan fingerprint density at radius 3 is 2.63 bits per heavy atom. The molecule has 5 aliphatic rings. The van der Waals surface area contributed by atoms with E-state index >= 15 is 0 Å². The molecule has 5 heterocycles. The summed E-state index contributed by atoms with van der Waals surface area (Å²) in [6.45, 7) is 5.91. The van der Waals surface area contributed by atoms with E-state index in [1.807, 2.05) is 11.0 Å². The van der Waals surface area contributed by atoms with Crippen LogP contribution in [0.5, 0.6) is 0 Å². The first-order valence-electron chi connectivity index (χ1n) is 14.3. The second-order valence-electron chi connectivity index (χ2n) is 10.9. The number of morpholine rings is 1. The lowest BCUT2D eigenvalue weighted by Crippen LogP contribution is -2.54. The summed E-state index contributed by atoms with van der Waals surface area (Å²) in [6, 6.07) is -0.651. The number of aliphatic hydroxyl groups excluding tert-OH is 1. The molecule has 10 heteroatoms. The molecular formula is C28H41N3O6S. The average molecular weight is 548 g/mol. The van der Waals surface area contributed by atoms with Crippen LogP contribution in [0.25, 0.3) is 0 Å². The number of fused-ring (bicyclic) bond motifs is 2. The molecule has 0 saturated carbocycles. The molecule has 5 rings (SSSR count). The van der Waals surface area contributed by atoms with Crippen molar-refractivity contribution in [3.05, 3.63) is 24.3 Å². The molecule has 0 aliphatic carbocycles. The summed E-state index contributed by atoms with van der Waals surface area (Å²) in [5.74, 6) is -1.70. The maximum Gasteiger partial charge on any atom is 0.311 e. The Morgan fingerprint density at radius 1 is 0.974 bits per heavy atom. The van der Waals surface area contributed by atoms with Gasteiger partial charge in [-0.1, -0.05) is 24.3 Å². The molecular weight excluding hydrogens is 506 g/mol. The third-order valence-electron chi connectivity index (χ3n) is 8.53. The Hall–Kier alpha value is -1.88. The highest BCUT2D eigenvalue weighted by atomic mass is 32.2. The van der Waals surface area contributed by atoms with Crippen LogP contribution in [0.3, 0.4) is 0 Å². The molecule has 2 amide bonds. The number of likely N-dealkylation sites (tertiary alicyclic amines) is 1. The van der Waals surface area contributed by atoms with Gasteiger partial charge in [0, 0.05) is 51.1 Å². The summed E-state index contributed by atoms with van der Waals surface area (Å²) >= 11 is 1.60. The summed E-state index contributed by atoms with van der Waals surface area (Å²) < 4.78 is 10.3. The number of hydrogen-bond donors (Lipinski definition) is 1. The van der Waals surface area contributed by atoms with Crippen molar-refractivity contribution >= 4 is 29.5 Å². The number of nitrogens with zero attached hydrogens (tertiary/aromatic N) is 3. The number of amides is 2. The van der Waals surface area contributed by atoms with Crippen molar-refractivity contribution < 1.29 is 29.0 Å². The zero-order valence-corrected chi connectivity index (χ0v) is 23.0. The molecule has 3 saturated heterocycles. The molecule has 3 fully saturated rings. The molecule has 9 nitrogen and oxygen atoms in total. The molecule has 38 heavy (non-hydrogen) atoms. The van der Waals surface area contributed by atoms with E-state index in [1.165, 1.54) is 0 Å². The number of unbranched alkanes of at least 4 members (excludes halogenated alkanes) is 2. The Morgan fingerprint density at radius 2 is 1.82 bits per heavy atom. The van der Waals surface area contributed by atoms with Crippen molar-refractivity contribution in [3.8, 4) is 0 Å². The quantitative estimate of drug-likeness (QED) is 0.277. The number of rotatable bonds is 8. The van der Waals surface area contributed by atoms with Gasteiger partial charge < -0.3 is 24.4 Å². The topological polar surface area (TPSA) is 99.6 Å². The summed E-state index contributed by atoms with van der Waals surface area (Å²) in [7, 11) is 0. The Labute approximate surface area is 229 Å². The highest BCUT2D eigenvalue weighted by Gasteiger charge is 2.70. The molecule has 0 aromatic heterocycles. The van der Waals surface area contributed by atoms with Crippen LogP contribution >= 0.6 is 11.8 Å². The van der Waals surface area contributed by atoms with Gasteiger partial charge >= 0.3 is 5.97 Å². The molecule has 0 bridgehead atoms. The van der Waals surface area contributed by atoms with Gasteiger partial charge in [-0.15, -0.1) is 11.8 Å². The van der Waals surface area contributed by atoms with Gasteiger partial charge in [-0.2, -0.15) is 0 Å². The van der Waals surface area contributed by atoms with Gasteiger partial charge in [-0.05, 0) is 38.5 Å². The van der Waals surface area contributed by atoms with Crippen molar-refractivity contribution in [3.63, 3.8) is 0 Å². The second kappa shape index (κ2) is 12.5. The molecule has 0 radical (unpaired) electrons. The van der Waals surface area contributed by atoms with E-state index in [-0.39, 0.29) is 29.6 Å². The minimum atomic E-state index is -0.800. The van der Waals surface area contributed by atoms with Crippen LogP contribution in [-0.2, 0) is 23.9 Å². The molecule has 5 atom stereocenters. The highest BCUT2D eigenvalue weighted by molar-refractivity contribution is 8.02. The fourth-order valence-electron chi connectivity index (χ4n) is 6.56. The molecule has 1 unspecified atom stereocenters. The molecule has 210 valence electrons. The zero-order valence-electron chi connectivity index (χ0n) is 22.2. The molecule has 0 aromatic carbocycles. The third-order valence-corrected chi connectivity index (χ3v) is 10.3. The zero-order chi connectivity index (χ0) is 26.5. The molecule has 1 spiro atoms.